The zero-order valence-corrected chi connectivity index (χ0v) is 16.3. The second-order valence-corrected chi connectivity index (χ2v) is 6.87. The number of rotatable bonds is 6. The van der Waals surface area contributed by atoms with Crippen LogP contribution in [0.15, 0.2) is 54.6 Å². The largest absolute Gasteiger partial charge is 0.374 e. The quantitative estimate of drug-likeness (QED) is 0.650. The van der Waals surface area contributed by atoms with Gasteiger partial charge in [0.25, 0.3) is 5.91 Å². The van der Waals surface area contributed by atoms with Crippen molar-refractivity contribution in [2.45, 2.75) is 33.5 Å². The first-order valence-corrected chi connectivity index (χ1v) is 9.16. The minimum atomic E-state index is -0.290. The molecule has 0 saturated carbocycles. The van der Waals surface area contributed by atoms with Crippen molar-refractivity contribution in [3.05, 3.63) is 76.6 Å². The summed E-state index contributed by atoms with van der Waals surface area (Å²) in [4.78, 5) is 12.8. The number of hydrogen-bond acceptors (Lipinski definition) is 3. The fourth-order valence-electron chi connectivity index (χ4n) is 2.69. The standard InChI is InChI=1S/C21H22ClN3O2/c1-14(2)27-13-16-8-7-9-17(12-16)23-21(26)19-15(3)24-25(20(19)22)18-10-5-4-6-11-18/h4-12,14H,13H2,1-3H3,(H,23,26). The van der Waals surface area contributed by atoms with Gasteiger partial charge in [-0.2, -0.15) is 5.10 Å². The van der Waals surface area contributed by atoms with Crippen LogP contribution in [0.25, 0.3) is 5.69 Å². The van der Waals surface area contributed by atoms with Gasteiger partial charge in [-0.25, -0.2) is 4.68 Å². The summed E-state index contributed by atoms with van der Waals surface area (Å²) in [6.07, 6.45) is 0.147. The molecule has 0 saturated heterocycles. The summed E-state index contributed by atoms with van der Waals surface area (Å²) in [5.74, 6) is -0.290. The summed E-state index contributed by atoms with van der Waals surface area (Å²) in [5.41, 5.74) is 3.42. The van der Waals surface area contributed by atoms with E-state index in [9.17, 15) is 4.79 Å². The number of carbonyl (C=O) groups is 1. The van der Waals surface area contributed by atoms with E-state index in [0.717, 1.165) is 11.3 Å². The highest BCUT2D eigenvalue weighted by Gasteiger charge is 2.21. The van der Waals surface area contributed by atoms with E-state index in [-0.39, 0.29) is 17.2 Å². The lowest BCUT2D eigenvalue weighted by Gasteiger charge is -2.10. The normalized spacial score (nSPS) is 11.0. The number of amides is 1. The average Bonchev–Trinajstić information content (AvgIpc) is 2.95. The molecule has 0 aliphatic carbocycles. The summed E-state index contributed by atoms with van der Waals surface area (Å²) in [6.45, 7) is 6.24. The summed E-state index contributed by atoms with van der Waals surface area (Å²) >= 11 is 6.46. The monoisotopic (exact) mass is 383 g/mol. The maximum atomic E-state index is 12.8. The molecule has 27 heavy (non-hydrogen) atoms. The Kier molecular flexibility index (Phi) is 5.94. The van der Waals surface area contributed by atoms with Gasteiger partial charge in [-0.3, -0.25) is 4.79 Å². The predicted octanol–water partition coefficient (Wildman–Crippen LogP) is 5.01. The van der Waals surface area contributed by atoms with Crippen LogP contribution in [0.2, 0.25) is 5.15 Å². The summed E-state index contributed by atoms with van der Waals surface area (Å²) in [7, 11) is 0. The maximum absolute atomic E-state index is 12.8. The van der Waals surface area contributed by atoms with E-state index in [2.05, 4.69) is 10.4 Å². The lowest BCUT2D eigenvalue weighted by Crippen LogP contribution is -2.13. The highest BCUT2D eigenvalue weighted by Crippen LogP contribution is 2.24. The van der Waals surface area contributed by atoms with Gasteiger partial charge in [0.1, 0.15) is 10.7 Å². The molecular formula is C21H22ClN3O2. The minimum Gasteiger partial charge on any atom is -0.374 e. The van der Waals surface area contributed by atoms with Gasteiger partial charge in [0, 0.05) is 5.69 Å². The highest BCUT2D eigenvalue weighted by atomic mass is 35.5. The third kappa shape index (κ3) is 4.56. The molecule has 0 fully saturated rings. The maximum Gasteiger partial charge on any atom is 0.260 e. The SMILES string of the molecule is Cc1nn(-c2ccccc2)c(Cl)c1C(=O)Nc1cccc(COC(C)C)c1. The number of ether oxygens (including phenoxy) is 1. The summed E-state index contributed by atoms with van der Waals surface area (Å²) in [6, 6.07) is 17.1. The number of para-hydroxylation sites is 1. The van der Waals surface area contributed by atoms with Crippen LogP contribution in [0.1, 0.15) is 35.5 Å². The van der Waals surface area contributed by atoms with Crippen LogP contribution in [-0.2, 0) is 11.3 Å². The van der Waals surface area contributed by atoms with E-state index in [4.69, 9.17) is 16.3 Å². The molecule has 0 unspecified atom stereocenters. The first-order chi connectivity index (χ1) is 13.0. The van der Waals surface area contributed by atoms with Gasteiger partial charge in [-0.15, -0.1) is 0 Å². The van der Waals surface area contributed by atoms with E-state index in [1.807, 2.05) is 68.4 Å². The van der Waals surface area contributed by atoms with E-state index in [1.54, 1.807) is 11.6 Å². The van der Waals surface area contributed by atoms with E-state index < -0.39 is 0 Å². The number of aromatic nitrogens is 2. The molecule has 1 heterocycles. The lowest BCUT2D eigenvalue weighted by atomic mass is 10.2. The van der Waals surface area contributed by atoms with Crippen molar-refractivity contribution >= 4 is 23.2 Å². The third-order valence-electron chi connectivity index (χ3n) is 4.00. The molecule has 0 aliphatic heterocycles. The number of benzene rings is 2. The molecule has 3 rings (SSSR count). The Morgan fingerprint density at radius 1 is 1.19 bits per heavy atom. The van der Waals surface area contributed by atoms with E-state index in [0.29, 0.717) is 23.6 Å². The number of carbonyl (C=O) groups excluding carboxylic acids is 1. The summed E-state index contributed by atoms with van der Waals surface area (Å²) in [5, 5.41) is 7.60. The molecule has 0 aliphatic rings. The van der Waals surface area contributed by atoms with Crippen molar-refractivity contribution < 1.29 is 9.53 Å². The van der Waals surface area contributed by atoms with Gasteiger partial charge in [0.05, 0.1) is 24.1 Å². The molecule has 1 aromatic heterocycles. The van der Waals surface area contributed by atoms with Gasteiger partial charge in [0.2, 0.25) is 0 Å². The first-order valence-electron chi connectivity index (χ1n) is 8.78. The topological polar surface area (TPSA) is 56.2 Å². The minimum absolute atomic E-state index is 0.147. The predicted molar refractivity (Wildman–Crippen MR) is 108 cm³/mol. The van der Waals surface area contributed by atoms with Crippen LogP contribution in [0, 0.1) is 6.92 Å². The zero-order chi connectivity index (χ0) is 19.4. The van der Waals surface area contributed by atoms with Crippen LogP contribution >= 0.6 is 11.6 Å². The third-order valence-corrected chi connectivity index (χ3v) is 4.35. The fraction of sp³-hybridized carbons (Fsp3) is 0.238. The van der Waals surface area contributed by atoms with Crippen molar-refractivity contribution in [2.24, 2.45) is 0 Å². The van der Waals surface area contributed by atoms with Crippen LogP contribution in [0.3, 0.4) is 0 Å². The number of nitrogens with one attached hydrogen (secondary N) is 1. The number of aryl methyl sites for hydroxylation is 1. The Labute approximate surface area is 163 Å². The molecule has 0 atom stereocenters. The molecule has 3 aromatic rings. The average molecular weight is 384 g/mol. The molecule has 1 N–H and O–H groups in total. The molecule has 2 aromatic carbocycles. The second kappa shape index (κ2) is 8.37. The van der Waals surface area contributed by atoms with Crippen LogP contribution in [-0.4, -0.2) is 21.8 Å². The molecule has 1 amide bonds. The molecule has 5 nitrogen and oxygen atoms in total. The Morgan fingerprint density at radius 3 is 2.63 bits per heavy atom. The zero-order valence-electron chi connectivity index (χ0n) is 15.6. The number of anilines is 1. The van der Waals surface area contributed by atoms with Crippen LogP contribution < -0.4 is 5.32 Å². The van der Waals surface area contributed by atoms with Crippen molar-refractivity contribution in [1.82, 2.24) is 9.78 Å². The van der Waals surface area contributed by atoms with Crippen molar-refractivity contribution in [2.75, 3.05) is 5.32 Å². The number of halogens is 1. The van der Waals surface area contributed by atoms with Gasteiger partial charge in [0.15, 0.2) is 0 Å². The van der Waals surface area contributed by atoms with Gasteiger partial charge in [-0.05, 0) is 50.6 Å². The van der Waals surface area contributed by atoms with Crippen LogP contribution in [0.5, 0.6) is 0 Å². The highest BCUT2D eigenvalue weighted by molar-refractivity contribution is 6.34. The van der Waals surface area contributed by atoms with Crippen molar-refractivity contribution in [3.63, 3.8) is 0 Å². The number of nitrogens with zero attached hydrogens (tertiary/aromatic N) is 2. The molecule has 140 valence electrons. The smallest absolute Gasteiger partial charge is 0.260 e. The van der Waals surface area contributed by atoms with Crippen molar-refractivity contribution in [3.8, 4) is 5.69 Å². The molecule has 0 spiro atoms. The molecule has 0 bridgehead atoms. The number of hydrogen-bond donors (Lipinski definition) is 1. The van der Waals surface area contributed by atoms with Crippen LogP contribution in [0.4, 0.5) is 5.69 Å². The first kappa shape index (κ1) is 19.1. The second-order valence-electron chi connectivity index (χ2n) is 6.51. The van der Waals surface area contributed by atoms with Gasteiger partial charge < -0.3 is 10.1 Å². The Morgan fingerprint density at radius 2 is 1.93 bits per heavy atom. The molecule has 0 radical (unpaired) electrons. The Hall–Kier alpha value is -2.63. The van der Waals surface area contributed by atoms with Gasteiger partial charge in [-0.1, -0.05) is 41.9 Å². The summed E-state index contributed by atoms with van der Waals surface area (Å²) < 4.78 is 7.18. The Balaban J connectivity index is 1.81. The molecular weight excluding hydrogens is 362 g/mol. The fourth-order valence-corrected chi connectivity index (χ4v) is 3.05. The van der Waals surface area contributed by atoms with Crippen molar-refractivity contribution in [1.29, 1.82) is 0 Å². The lowest BCUT2D eigenvalue weighted by molar-refractivity contribution is 0.0657. The van der Waals surface area contributed by atoms with E-state index in [1.165, 1.54) is 0 Å². The molecule has 6 heteroatoms. The Bertz CT molecular complexity index is 936. The van der Waals surface area contributed by atoms with E-state index >= 15 is 0 Å². The van der Waals surface area contributed by atoms with Gasteiger partial charge >= 0.3 is 0 Å².